The van der Waals surface area contributed by atoms with Gasteiger partial charge in [-0.05, 0) is 24.6 Å². The molecule has 0 aromatic heterocycles. The zero-order valence-corrected chi connectivity index (χ0v) is 7.78. The summed E-state index contributed by atoms with van der Waals surface area (Å²) < 4.78 is 0. The second-order valence-electron chi connectivity index (χ2n) is 2.39. The van der Waals surface area contributed by atoms with E-state index >= 15 is 0 Å². The molecule has 0 amide bonds. The summed E-state index contributed by atoms with van der Waals surface area (Å²) >= 11 is 11.4. The van der Waals surface area contributed by atoms with E-state index in [2.05, 4.69) is 0 Å². The van der Waals surface area contributed by atoms with Gasteiger partial charge in [-0.15, -0.1) is 0 Å². The summed E-state index contributed by atoms with van der Waals surface area (Å²) in [6.45, 7) is 1.71. The lowest BCUT2D eigenvalue weighted by atomic mass is 10.1. The summed E-state index contributed by atoms with van der Waals surface area (Å²) in [6, 6.07) is 2.82. The molecule has 0 unspecified atom stereocenters. The maximum Gasteiger partial charge on any atom is 0.335 e. The molecule has 1 aromatic rings. The van der Waals surface area contributed by atoms with Crippen LogP contribution in [0.25, 0.3) is 0 Å². The maximum atomic E-state index is 10.5. The molecule has 0 aliphatic heterocycles. The quantitative estimate of drug-likeness (QED) is 0.764. The minimum Gasteiger partial charge on any atom is -0.478 e. The largest absolute Gasteiger partial charge is 0.478 e. The number of aromatic carboxylic acids is 1. The Morgan fingerprint density at radius 2 is 2.00 bits per heavy atom. The third-order valence-electron chi connectivity index (χ3n) is 1.46. The molecule has 64 valence electrons. The first kappa shape index (κ1) is 9.36. The molecule has 4 heteroatoms. The second kappa shape index (κ2) is 3.33. The second-order valence-corrected chi connectivity index (χ2v) is 3.18. The van der Waals surface area contributed by atoms with Crippen LogP contribution in [0.15, 0.2) is 12.1 Å². The van der Waals surface area contributed by atoms with Gasteiger partial charge in [-0.1, -0.05) is 23.2 Å². The molecule has 1 rings (SSSR count). The highest BCUT2D eigenvalue weighted by Crippen LogP contribution is 2.26. The summed E-state index contributed by atoms with van der Waals surface area (Å²) in [5.41, 5.74) is 0.823. The molecular formula is C8H6Cl2O2. The first-order chi connectivity index (χ1) is 5.52. The maximum absolute atomic E-state index is 10.5. The molecule has 2 nitrogen and oxygen atoms in total. The predicted molar refractivity (Wildman–Crippen MR) is 48.2 cm³/mol. The molecule has 0 bridgehead atoms. The van der Waals surface area contributed by atoms with Crippen LogP contribution in [0.1, 0.15) is 15.9 Å². The number of carboxylic acid groups (broad SMARTS) is 1. The Bertz CT molecular complexity index is 311. The van der Waals surface area contributed by atoms with Crippen LogP contribution in [0, 0.1) is 6.92 Å². The van der Waals surface area contributed by atoms with E-state index in [1.54, 1.807) is 6.92 Å². The van der Waals surface area contributed by atoms with Gasteiger partial charge in [-0.25, -0.2) is 4.79 Å². The highest BCUT2D eigenvalue weighted by atomic mass is 35.5. The van der Waals surface area contributed by atoms with Gasteiger partial charge in [0.2, 0.25) is 0 Å². The number of aryl methyl sites for hydroxylation is 1. The molecule has 0 aliphatic carbocycles. The van der Waals surface area contributed by atoms with Crippen LogP contribution < -0.4 is 0 Å². The molecular weight excluding hydrogens is 199 g/mol. The van der Waals surface area contributed by atoms with Crippen molar-refractivity contribution in [2.24, 2.45) is 0 Å². The zero-order valence-electron chi connectivity index (χ0n) is 6.27. The van der Waals surface area contributed by atoms with Crippen LogP contribution in [-0.4, -0.2) is 11.1 Å². The lowest BCUT2D eigenvalue weighted by Crippen LogP contribution is -1.96. The lowest BCUT2D eigenvalue weighted by molar-refractivity contribution is 0.0697. The van der Waals surface area contributed by atoms with E-state index in [1.807, 2.05) is 0 Å². The summed E-state index contributed by atoms with van der Waals surface area (Å²) in [5, 5.41) is 9.30. The molecule has 0 saturated carbocycles. The number of benzene rings is 1. The highest BCUT2D eigenvalue weighted by Gasteiger charge is 2.08. The van der Waals surface area contributed by atoms with E-state index in [-0.39, 0.29) is 10.6 Å². The van der Waals surface area contributed by atoms with Gasteiger partial charge in [-0.3, -0.25) is 0 Å². The first-order valence-electron chi connectivity index (χ1n) is 3.21. The Labute approximate surface area is 79.7 Å². The lowest BCUT2D eigenvalue weighted by Gasteiger charge is -2.01. The fourth-order valence-corrected chi connectivity index (χ4v) is 1.23. The summed E-state index contributed by atoms with van der Waals surface area (Å²) in [5.74, 6) is -1.00. The predicted octanol–water partition coefficient (Wildman–Crippen LogP) is 3.00. The van der Waals surface area contributed by atoms with Gasteiger partial charge >= 0.3 is 5.97 Å². The first-order valence-corrected chi connectivity index (χ1v) is 3.97. The average molecular weight is 205 g/mol. The smallest absolute Gasteiger partial charge is 0.335 e. The molecule has 0 atom stereocenters. The number of hydrogen-bond donors (Lipinski definition) is 1. The molecule has 0 radical (unpaired) electrons. The van der Waals surface area contributed by atoms with Crippen molar-refractivity contribution in [3.8, 4) is 0 Å². The van der Waals surface area contributed by atoms with Gasteiger partial charge < -0.3 is 5.11 Å². The van der Waals surface area contributed by atoms with E-state index in [9.17, 15) is 4.79 Å². The SMILES string of the molecule is Cc1cc(C(=O)O)cc(Cl)c1Cl. The van der Waals surface area contributed by atoms with Crippen molar-refractivity contribution in [2.45, 2.75) is 6.92 Å². The standard InChI is InChI=1S/C8H6Cl2O2/c1-4-2-5(8(11)12)3-6(9)7(4)10/h2-3H,1H3,(H,11,12). The fraction of sp³-hybridized carbons (Fsp3) is 0.125. The Morgan fingerprint density at radius 1 is 1.42 bits per heavy atom. The van der Waals surface area contributed by atoms with Gasteiger partial charge in [0.1, 0.15) is 0 Å². The van der Waals surface area contributed by atoms with Crippen LogP contribution in [0.2, 0.25) is 10.0 Å². The van der Waals surface area contributed by atoms with Crippen LogP contribution in [0.3, 0.4) is 0 Å². The average Bonchev–Trinajstić information content (AvgIpc) is 1.99. The molecule has 0 saturated heterocycles. The van der Waals surface area contributed by atoms with Gasteiger partial charge in [0.15, 0.2) is 0 Å². The van der Waals surface area contributed by atoms with Crippen molar-refractivity contribution >= 4 is 29.2 Å². The van der Waals surface area contributed by atoms with E-state index in [0.717, 1.165) is 0 Å². The topological polar surface area (TPSA) is 37.3 Å². The Hall–Kier alpha value is -0.730. The number of carboxylic acids is 1. The van der Waals surface area contributed by atoms with Crippen molar-refractivity contribution in [3.05, 3.63) is 33.3 Å². The van der Waals surface area contributed by atoms with Crippen molar-refractivity contribution in [3.63, 3.8) is 0 Å². The van der Waals surface area contributed by atoms with E-state index in [0.29, 0.717) is 10.6 Å². The monoisotopic (exact) mass is 204 g/mol. The molecule has 1 aromatic carbocycles. The number of carbonyl (C=O) groups is 1. The molecule has 0 spiro atoms. The van der Waals surface area contributed by atoms with E-state index in [1.165, 1.54) is 12.1 Å². The van der Waals surface area contributed by atoms with Crippen molar-refractivity contribution in [1.29, 1.82) is 0 Å². The molecule has 1 N–H and O–H groups in total. The van der Waals surface area contributed by atoms with Gasteiger partial charge in [0, 0.05) is 0 Å². The van der Waals surface area contributed by atoms with Crippen LogP contribution in [0.5, 0.6) is 0 Å². The summed E-state index contributed by atoms with van der Waals surface area (Å²) in [6.07, 6.45) is 0. The third-order valence-corrected chi connectivity index (χ3v) is 2.35. The fourth-order valence-electron chi connectivity index (χ4n) is 0.850. The highest BCUT2D eigenvalue weighted by molar-refractivity contribution is 6.42. The third kappa shape index (κ3) is 1.71. The summed E-state index contributed by atoms with van der Waals surface area (Å²) in [4.78, 5) is 10.5. The number of hydrogen-bond acceptors (Lipinski definition) is 1. The molecule has 0 fully saturated rings. The zero-order chi connectivity index (χ0) is 9.30. The molecule has 12 heavy (non-hydrogen) atoms. The molecule has 0 aliphatic rings. The number of rotatable bonds is 1. The van der Waals surface area contributed by atoms with Crippen LogP contribution >= 0.6 is 23.2 Å². The van der Waals surface area contributed by atoms with E-state index in [4.69, 9.17) is 28.3 Å². The Morgan fingerprint density at radius 3 is 2.42 bits per heavy atom. The van der Waals surface area contributed by atoms with Gasteiger partial charge in [0.25, 0.3) is 0 Å². The Kier molecular flexibility index (Phi) is 2.60. The van der Waals surface area contributed by atoms with Crippen LogP contribution in [0.4, 0.5) is 0 Å². The minimum atomic E-state index is -1.00. The minimum absolute atomic E-state index is 0.155. The van der Waals surface area contributed by atoms with Crippen molar-refractivity contribution in [1.82, 2.24) is 0 Å². The number of halogens is 2. The van der Waals surface area contributed by atoms with Gasteiger partial charge in [0.05, 0.1) is 15.6 Å². The van der Waals surface area contributed by atoms with Crippen molar-refractivity contribution in [2.75, 3.05) is 0 Å². The normalized spacial score (nSPS) is 9.92. The summed E-state index contributed by atoms with van der Waals surface area (Å²) in [7, 11) is 0. The van der Waals surface area contributed by atoms with Gasteiger partial charge in [-0.2, -0.15) is 0 Å². The van der Waals surface area contributed by atoms with Crippen LogP contribution in [-0.2, 0) is 0 Å². The Balaban J connectivity index is 3.31. The molecule has 0 heterocycles. The van der Waals surface area contributed by atoms with Crippen molar-refractivity contribution < 1.29 is 9.90 Å². The van der Waals surface area contributed by atoms with E-state index < -0.39 is 5.97 Å².